The van der Waals surface area contributed by atoms with Gasteiger partial charge in [-0.2, -0.15) is 0 Å². The second-order valence-corrected chi connectivity index (χ2v) is 6.97. The SMILES string of the molecule is CCS(=O)(=O)CCn1cnc(CNC2CC2)c1. The van der Waals surface area contributed by atoms with Gasteiger partial charge in [-0.1, -0.05) is 6.92 Å². The standard InChI is InChI=1S/C11H19N3O2S/c1-2-17(15,16)6-5-14-8-11(13-9-14)7-12-10-3-4-10/h8-10,12H,2-7H2,1H3. The molecule has 1 heterocycles. The molecule has 1 N–H and O–H groups in total. The lowest BCUT2D eigenvalue weighted by Gasteiger charge is -2.02. The summed E-state index contributed by atoms with van der Waals surface area (Å²) in [6, 6.07) is 0.667. The van der Waals surface area contributed by atoms with E-state index in [4.69, 9.17) is 0 Å². The largest absolute Gasteiger partial charge is 0.336 e. The molecule has 1 aliphatic carbocycles. The first-order chi connectivity index (χ1) is 8.09. The third-order valence-corrected chi connectivity index (χ3v) is 4.62. The van der Waals surface area contributed by atoms with Gasteiger partial charge in [-0.3, -0.25) is 0 Å². The third kappa shape index (κ3) is 4.12. The highest BCUT2D eigenvalue weighted by Crippen LogP contribution is 2.18. The maximum Gasteiger partial charge on any atom is 0.151 e. The Hall–Kier alpha value is -0.880. The molecule has 5 nitrogen and oxygen atoms in total. The molecule has 96 valence electrons. The number of imidazole rings is 1. The average Bonchev–Trinajstić information content (AvgIpc) is 3.03. The number of aromatic nitrogens is 2. The van der Waals surface area contributed by atoms with Crippen LogP contribution in [0.5, 0.6) is 0 Å². The van der Waals surface area contributed by atoms with Gasteiger partial charge in [0.1, 0.15) is 0 Å². The van der Waals surface area contributed by atoms with Crippen molar-refractivity contribution in [2.24, 2.45) is 0 Å². The van der Waals surface area contributed by atoms with Crippen molar-refractivity contribution in [3.8, 4) is 0 Å². The zero-order chi connectivity index (χ0) is 12.3. The first kappa shape index (κ1) is 12.6. The summed E-state index contributed by atoms with van der Waals surface area (Å²) in [5, 5.41) is 3.38. The van der Waals surface area contributed by atoms with Crippen LogP contribution in [0, 0.1) is 0 Å². The fraction of sp³-hybridized carbons (Fsp3) is 0.727. The normalized spacial score (nSPS) is 16.3. The molecule has 1 aliphatic rings. The second kappa shape index (κ2) is 5.18. The fourth-order valence-corrected chi connectivity index (χ4v) is 2.32. The van der Waals surface area contributed by atoms with Gasteiger partial charge in [0.25, 0.3) is 0 Å². The number of nitrogens with one attached hydrogen (secondary N) is 1. The van der Waals surface area contributed by atoms with Crippen LogP contribution in [0.4, 0.5) is 0 Å². The van der Waals surface area contributed by atoms with Gasteiger partial charge in [-0.25, -0.2) is 13.4 Å². The summed E-state index contributed by atoms with van der Waals surface area (Å²) in [4.78, 5) is 4.25. The summed E-state index contributed by atoms with van der Waals surface area (Å²) in [6.07, 6.45) is 6.14. The van der Waals surface area contributed by atoms with E-state index in [2.05, 4.69) is 10.3 Å². The van der Waals surface area contributed by atoms with Crippen molar-refractivity contribution in [3.63, 3.8) is 0 Å². The Balaban J connectivity index is 1.80. The summed E-state index contributed by atoms with van der Waals surface area (Å²) >= 11 is 0. The molecule has 1 aromatic heterocycles. The van der Waals surface area contributed by atoms with E-state index in [1.54, 1.807) is 13.3 Å². The quantitative estimate of drug-likeness (QED) is 0.775. The summed E-state index contributed by atoms with van der Waals surface area (Å²) < 4.78 is 24.6. The molecule has 1 fully saturated rings. The van der Waals surface area contributed by atoms with Gasteiger partial charge in [0.05, 0.1) is 17.8 Å². The number of hydrogen-bond acceptors (Lipinski definition) is 4. The van der Waals surface area contributed by atoms with E-state index in [1.165, 1.54) is 12.8 Å². The molecule has 6 heteroatoms. The lowest BCUT2D eigenvalue weighted by Crippen LogP contribution is -2.15. The third-order valence-electron chi connectivity index (χ3n) is 2.94. The highest BCUT2D eigenvalue weighted by Gasteiger charge is 2.20. The van der Waals surface area contributed by atoms with E-state index in [-0.39, 0.29) is 11.5 Å². The van der Waals surface area contributed by atoms with Crippen LogP contribution in [-0.2, 0) is 22.9 Å². The second-order valence-electron chi connectivity index (χ2n) is 4.49. The molecule has 0 aromatic carbocycles. The number of aryl methyl sites for hydroxylation is 1. The van der Waals surface area contributed by atoms with Gasteiger partial charge in [-0.05, 0) is 12.8 Å². The Labute approximate surface area is 102 Å². The van der Waals surface area contributed by atoms with E-state index in [0.29, 0.717) is 12.6 Å². The van der Waals surface area contributed by atoms with Gasteiger partial charge in [0, 0.05) is 31.1 Å². The topological polar surface area (TPSA) is 64.0 Å². The lowest BCUT2D eigenvalue weighted by molar-refractivity contribution is 0.590. The molecule has 0 atom stereocenters. The summed E-state index contributed by atoms with van der Waals surface area (Å²) in [6.45, 7) is 2.94. The van der Waals surface area contributed by atoms with Crippen molar-refractivity contribution >= 4 is 9.84 Å². The predicted molar refractivity (Wildman–Crippen MR) is 66.4 cm³/mol. The van der Waals surface area contributed by atoms with Gasteiger partial charge >= 0.3 is 0 Å². The molecule has 1 saturated carbocycles. The molecule has 2 rings (SSSR count). The smallest absolute Gasteiger partial charge is 0.151 e. The number of hydrogen-bond donors (Lipinski definition) is 1. The molecule has 0 bridgehead atoms. The van der Waals surface area contributed by atoms with Crippen LogP contribution in [0.2, 0.25) is 0 Å². The summed E-state index contributed by atoms with van der Waals surface area (Å²) in [7, 11) is -2.89. The minimum atomic E-state index is -2.89. The van der Waals surface area contributed by atoms with Crippen LogP contribution >= 0.6 is 0 Å². The highest BCUT2D eigenvalue weighted by molar-refractivity contribution is 7.91. The molecule has 1 aromatic rings. The van der Waals surface area contributed by atoms with E-state index in [0.717, 1.165) is 12.2 Å². The molecule has 17 heavy (non-hydrogen) atoms. The first-order valence-corrected chi connectivity index (χ1v) is 7.85. The average molecular weight is 257 g/mol. The van der Waals surface area contributed by atoms with Crippen LogP contribution in [0.1, 0.15) is 25.5 Å². The van der Waals surface area contributed by atoms with Crippen LogP contribution in [0.15, 0.2) is 12.5 Å². The Bertz CT molecular complexity index is 463. The molecule has 0 aliphatic heterocycles. The fourth-order valence-electron chi connectivity index (χ4n) is 1.55. The number of rotatable bonds is 7. The minimum absolute atomic E-state index is 0.190. The maximum absolute atomic E-state index is 11.4. The summed E-state index contributed by atoms with van der Waals surface area (Å²) in [5.74, 6) is 0.396. The van der Waals surface area contributed by atoms with Gasteiger partial charge in [0.15, 0.2) is 9.84 Å². The van der Waals surface area contributed by atoms with Crippen molar-refractivity contribution in [1.82, 2.24) is 14.9 Å². The maximum atomic E-state index is 11.4. The van der Waals surface area contributed by atoms with Crippen molar-refractivity contribution in [3.05, 3.63) is 18.2 Å². The Kier molecular flexibility index (Phi) is 3.83. The Morgan fingerprint density at radius 1 is 1.53 bits per heavy atom. The molecule has 0 unspecified atom stereocenters. The zero-order valence-corrected chi connectivity index (χ0v) is 10.9. The predicted octanol–water partition coefficient (Wildman–Crippen LogP) is 0.570. The number of nitrogens with zero attached hydrogens (tertiary/aromatic N) is 2. The van der Waals surface area contributed by atoms with Gasteiger partial charge in [-0.15, -0.1) is 0 Å². The molecular formula is C11H19N3O2S. The van der Waals surface area contributed by atoms with Crippen LogP contribution in [0.3, 0.4) is 0 Å². The van der Waals surface area contributed by atoms with Crippen molar-refractivity contribution in [1.29, 1.82) is 0 Å². The van der Waals surface area contributed by atoms with Gasteiger partial charge < -0.3 is 9.88 Å². The van der Waals surface area contributed by atoms with E-state index in [1.807, 2.05) is 10.8 Å². The Morgan fingerprint density at radius 3 is 2.94 bits per heavy atom. The molecule has 0 saturated heterocycles. The van der Waals surface area contributed by atoms with E-state index in [9.17, 15) is 8.42 Å². The minimum Gasteiger partial charge on any atom is -0.336 e. The zero-order valence-electron chi connectivity index (χ0n) is 10.1. The molecule has 0 spiro atoms. The van der Waals surface area contributed by atoms with Crippen LogP contribution < -0.4 is 5.32 Å². The van der Waals surface area contributed by atoms with Crippen LogP contribution in [-0.4, -0.2) is 35.5 Å². The Morgan fingerprint density at radius 2 is 2.29 bits per heavy atom. The number of sulfone groups is 1. The van der Waals surface area contributed by atoms with E-state index < -0.39 is 9.84 Å². The van der Waals surface area contributed by atoms with E-state index >= 15 is 0 Å². The van der Waals surface area contributed by atoms with Crippen molar-refractivity contribution in [2.75, 3.05) is 11.5 Å². The molecule has 0 radical (unpaired) electrons. The monoisotopic (exact) mass is 257 g/mol. The molecule has 0 amide bonds. The first-order valence-electron chi connectivity index (χ1n) is 6.03. The van der Waals surface area contributed by atoms with Crippen LogP contribution in [0.25, 0.3) is 0 Å². The van der Waals surface area contributed by atoms with Crippen molar-refractivity contribution in [2.45, 2.75) is 38.9 Å². The van der Waals surface area contributed by atoms with Gasteiger partial charge in [0.2, 0.25) is 0 Å². The lowest BCUT2D eigenvalue weighted by atomic mass is 10.4. The molecular weight excluding hydrogens is 238 g/mol. The highest BCUT2D eigenvalue weighted by atomic mass is 32.2. The summed E-state index contributed by atoms with van der Waals surface area (Å²) in [5.41, 5.74) is 0.978. The van der Waals surface area contributed by atoms with Crippen molar-refractivity contribution < 1.29 is 8.42 Å².